The molecule has 7 heteroatoms. The van der Waals surface area contributed by atoms with E-state index in [0.717, 1.165) is 38.4 Å². The number of amides is 2. The van der Waals surface area contributed by atoms with Crippen LogP contribution in [0.3, 0.4) is 0 Å². The molecule has 2 aliphatic heterocycles. The van der Waals surface area contributed by atoms with Crippen LogP contribution >= 0.6 is 0 Å². The van der Waals surface area contributed by atoms with E-state index in [4.69, 9.17) is 0 Å². The maximum Gasteiger partial charge on any atom is 0.252 e. The first kappa shape index (κ1) is 19.6. The second-order valence-corrected chi connectivity index (χ2v) is 7.47. The van der Waals surface area contributed by atoms with Crippen molar-refractivity contribution < 1.29 is 9.59 Å². The molecule has 1 aromatic rings. The molecule has 1 atom stereocenters. The van der Waals surface area contributed by atoms with Gasteiger partial charge in [0.25, 0.3) is 5.91 Å². The minimum atomic E-state index is -0.0839. The third-order valence-corrected chi connectivity index (χ3v) is 5.72. The van der Waals surface area contributed by atoms with Crippen LogP contribution in [0.25, 0.3) is 0 Å². The number of hydrogen-bond donors (Lipinski definition) is 1. The molecule has 2 fully saturated rings. The van der Waals surface area contributed by atoms with E-state index in [9.17, 15) is 9.59 Å². The third-order valence-electron chi connectivity index (χ3n) is 5.72. The Balaban J connectivity index is 1.48. The molecule has 0 unspecified atom stereocenters. The predicted octanol–water partition coefficient (Wildman–Crippen LogP) is 1.35. The Morgan fingerprint density at radius 1 is 1.26 bits per heavy atom. The van der Waals surface area contributed by atoms with Crippen LogP contribution in [0.5, 0.6) is 0 Å². The van der Waals surface area contributed by atoms with Gasteiger partial charge in [0.15, 0.2) is 0 Å². The molecule has 1 aromatic heterocycles. The summed E-state index contributed by atoms with van der Waals surface area (Å²) in [5.41, 5.74) is 0.564. The average Bonchev–Trinajstić information content (AvgIpc) is 2.69. The predicted molar refractivity (Wildman–Crippen MR) is 106 cm³/mol. The highest BCUT2D eigenvalue weighted by molar-refractivity contribution is 5.94. The normalized spacial score (nSPS) is 21.4. The van der Waals surface area contributed by atoms with E-state index in [1.54, 1.807) is 12.3 Å². The number of nitrogens with one attached hydrogen (secondary N) is 1. The van der Waals surface area contributed by atoms with Crippen LogP contribution in [-0.2, 0) is 4.79 Å². The fraction of sp³-hybridized carbons (Fsp3) is 0.650. The molecule has 3 heterocycles. The summed E-state index contributed by atoms with van der Waals surface area (Å²) < 4.78 is 0. The lowest BCUT2D eigenvalue weighted by molar-refractivity contribution is -0.130. The fourth-order valence-electron chi connectivity index (χ4n) is 3.91. The van der Waals surface area contributed by atoms with Crippen molar-refractivity contribution in [1.82, 2.24) is 20.1 Å². The minimum Gasteiger partial charge on any atom is -0.352 e. The molecular formula is C20H31N5O2. The van der Waals surface area contributed by atoms with Gasteiger partial charge in [-0.1, -0.05) is 6.42 Å². The third kappa shape index (κ3) is 4.97. The standard InChI is InChI=1S/C20H31N5O2/c1-3-24-12-13-25(15-19(24)26)18-8-7-16(14-22-18)20(27)21-10-9-17-6-4-5-11-23(17)2/h7-8,14,17H,3-6,9-13,15H2,1-2H3,(H,21,27)/t17-/m1/s1. The highest BCUT2D eigenvalue weighted by Crippen LogP contribution is 2.17. The van der Waals surface area contributed by atoms with E-state index in [-0.39, 0.29) is 11.8 Å². The molecule has 2 saturated heterocycles. The van der Waals surface area contributed by atoms with Crippen molar-refractivity contribution in [3.8, 4) is 0 Å². The van der Waals surface area contributed by atoms with Gasteiger partial charge >= 0.3 is 0 Å². The van der Waals surface area contributed by atoms with E-state index in [2.05, 4.69) is 22.2 Å². The highest BCUT2D eigenvalue weighted by Gasteiger charge is 2.23. The van der Waals surface area contributed by atoms with Crippen LogP contribution in [0.1, 0.15) is 43.0 Å². The number of piperidine rings is 1. The monoisotopic (exact) mass is 373 g/mol. The Hall–Kier alpha value is -2.15. The van der Waals surface area contributed by atoms with Crippen molar-refractivity contribution >= 4 is 17.6 Å². The Labute approximate surface area is 161 Å². The first-order chi connectivity index (χ1) is 13.1. The number of pyridine rings is 1. The zero-order chi connectivity index (χ0) is 19.2. The van der Waals surface area contributed by atoms with Crippen molar-refractivity contribution in [1.29, 1.82) is 0 Å². The van der Waals surface area contributed by atoms with Crippen LogP contribution in [0.2, 0.25) is 0 Å². The molecule has 0 saturated carbocycles. The molecular weight excluding hydrogens is 342 g/mol. The van der Waals surface area contributed by atoms with Crippen LogP contribution < -0.4 is 10.2 Å². The molecule has 0 aliphatic carbocycles. The van der Waals surface area contributed by atoms with Gasteiger partial charge in [0.1, 0.15) is 5.82 Å². The summed E-state index contributed by atoms with van der Waals surface area (Å²) in [6, 6.07) is 4.19. The van der Waals surface area contributed by atoms with Gasteiger partial charge in [-0.3, -0.25) is 9.59 Å². The molecule has 7 nitrogen and oxygen atoms in total. The van der Waals surface area contributed by atoms with Gasteiger partial charge in [-0.2, -0.15) is 0 Å². The van der Waals surface area contributed by atoms with E-state index >= 15 is 0 Å². The maximum absolute atomic E-state index is 12.4. The topological polar surface area (TPSA) is 68.8 Å². The molecule has 1 N–H and O–H groups in total. The smallest absolute Gasteiger partial charge is 0.252 e. The average molecular weight is 374 g/mol. The lowest BCUT2D eigenvalue weighted by atomic mass is 10.0. The SMILES string of the molecule is CCN1CCN(c2ccc(C(=O)NCC[C@H]3CCCCN3C)cn2)CC1=O. The number of aromatic nitrogens is 1. The van der Waals surface area contributed by atoms with Gasteiger partial charge in [-0.15, -0.1) is 0 Å². The lowest BCUT2D eigenvalue weighted by Gasteiger charge is -2.34. The number of anilines is 1. The number of carbonyl (C=O) groups is 2. The van der Waals surface area contributed by atoms with Gasteiger partial charge in [0.2, 0.25) is 5.91 Å². The van der Waals surface area contributed by atoms with Crippen molar-refractivity contribution in [2.75, 3.05) is 51.2 Å². The van der Waals surface area contributed by atoms with Gasteiger partial charge < -0.3 is 20.0 Å². The van der Waals surface area contributed by atoms with Gasteiger partial charge in [-0.25, -0.2) is 4.98 Å². The molecule has 2 aliphatic rings. The summed E-state index contributed by atoms with van der Waals surface area (Å²) in [5, 5.41) is 3.01. The molecule has 0 bridgehead atoms. The summed E-state index contributed by atoms with van der Waals surface area (Å²) in [6.45, 7) is 6.41. The molecule has 2 amide bonds. The number of rotatable bonds is 6. The zero-order valence-electron chi connectivity index (χ0n) is 16.5. The van der Waals surface area contributed by atoms with Gasteiger partial charge in [0.05, 0.1) is 12.1 Å². The molecule has 148 valence electrons. The number of piperazine rings is 1. The Morgan fingerprint density at radius 2 is 2.11 bits per heavy atom. The largest absolute Gasteiger partial charge is 0.352 e. The summed E-state index contributed by atoms with van der Waals surface area (Å²) in [7, 11) is 2.17. The lowest BCUT2D eigenvalue weighted by Crippen LogP contribution is -2.50. The molecule has 0 radical (unpaired) electrons. The van der Waals surface area contributed by atoms with E-state index in [0.29, 0.717) is 24.7 Å². The van der Waals surface area contributed by atoms with Crippen LogP contribution in [0.15, 0.2) is 18.3 Å². The number of likely N-dealkylation sites (N-methyl/N-ethyl adjacent to an activating group) is 1. The number of nitrogens with zero attached hydrogens (tertiary/aromatic N) is 4. The number of hydrogen-bond acceptors (Lipinski definition) is 5. The molecule has 0 spiro atoms. The fourth-order valence-corrected chi connectivity index (χ4v) is 3.91. The van der Waals surface area contributed by atoms with Crippen LogP contribution in [0, 0.1) is 0 Å². The summed E-state index contributed by atoms with van der Waals surface area (Å²) in [6.07, 6.45) is 6.36. The number of likely N-dealkylation sites (tertiary alicyclic amines) is 1. The minimum absolute atomic E-state index is 0.0839. The first-order valence-corrected chi connectivity index (χ1v) is 10.1. The van der Waals surface area contributed by atoms with Gasteiger partial charge in [0, 0.05) is 38.4 Å². The summed E-state index contributed by atoms with van der Waals surface area (Å²) in [4.78, 5) is 35.0. The Bertz CT molecular complexity index is 648. The summed E-state index contributed by atoms with van der Waals surface area (Å²) >= 11 is 0. The highest BCUT2D eigenvalue weighted by atomic mass is 16.2. The molecule has 3 rings (SSSR count). The van der Waals surface area contributed by atoms with E-state index in [1.165, 1.54) is 19.3 Å². The maximum atomic E-state index is 12.4. The van der Waals surface area contributed by atoms with Crippen molar-refractivity contribution in [2.24, 2.45) is 0 Å². The van der Waals surface area contributed by atoms with E-state index in [1.807, 2.05) is 22.8 Å². The number of carbonyl (C=O) groups excluding carboxylic acids is 2. The van der Waals surface area contributed by atoms with Crippen LogP contribution in [-0.4, -0.2) is 79.0 Å². The summed E-state index contributed by atoms with van der Waals surface area (Å²) in [5.74, 6) is 0.791. The van der Waals surface area contributed by atoms with Crippen LogP contribution in [0.4, 0.5) is 5.82 Å². The Morgan fingerprint density at radius 3 is 2.78 bits per heavy atom. The first-order valence-electron chi connectivity index (χ1n) is 10.1. The Kier molecular flexibility index (Phi) is 6.66. The van der Waals surface area contributed by atoms with Gasteiger partial charge in [-0.05, 0) is 51.9 Å². The van der Waals surface area contributed by atoms with Crippen molar-refractivity contribution in [2.45, 2.75) is 38.6 Å². The second-order valence-electron chi connectivity index (χ2n) is 7.47. The zero-order valence-corrected chi connectivity index (χ0v) is 16.5. The quantitative estimate of drug-likeness (QED) is 0.815. The van der Waals surface area contributed by atoms with Crippen molar-refractivity contribution in [3.05, 3.63) is 23.9 Å². The molecule has 0 aromatic carbocycles. The van der Waals surface area contributed by atoms with Crippen molar-refractivity contribution in [3.63, 3.8) is 0 Å². The molecule has 27 heavy (non-hydrogen) atoms. The second kappa shape index (κ2) is 9.17. The van der Waals surface area contributed by atoms with E-state index < -0.39 is 0 Å².